The first-order valence-corrected chi connectivity index (χ1v) is 5.16. The Morgan fingerprint density at radius 2 is 2.19 bits per heavy atom. The van der Waals surface area contributed by atoms with Crippen LogP contribution in [0.15, 0.2) is 12.7 Å². The maximum Gasteiger partial charge on any atom is 0.239 e. The normalized spacial score (nSPS) is 11.2. The summed E-state index contributed by atoms with van der Waals surface area (Å²) in [5.74, 6) is 1.66. The Kier molecular flexibility index (Phi) is 2.84. The minimum Gasteiger partial charge on any atom is -0.367 e. The van der Waals surface area contributed by atoms with Crippen LogP contribution in [0.2, 0.25) is 0 Å². The molecule has 0 fully saturated rings. The number of anilines is 1. The van der Waals surface area contributed by atoms with Crippen LogP contribution in [0.25, 0.3) is 0 Å². The molecule has 0 aromatic carbocycles. The van der Waals surface area contributed by atoms with Gasteiger partial charge in [0.1, 0.15) is 25.0 Å². The molecule has 0 amide bonds. The molecule has 0 atom stereocenters. The molecule has 0 bridgehead atoms. The molecule has 2 aromatic rings. The SMILES string of the molecule is CC(C)Cn1ncnc1Cn1cnc(N)n1. The van der Waals surface area contributed by atoms with Gasteiger partial charge in [0.15, 0.2) is 0 Å². The van der Waals surface area contributed by atoms with Gasteiger partial charge in [-0.25, -0.2) is 19.3 Å². The Hall–Kier alpha value is -1.92. The molecule has 0 aliphatic rings. The number of hydrogen-bond donors (Lipinski definition) is 1. The van der Waals surface area contributed by atoms with Crippen LogP contribution in [-0.2, 0) is 13.1 Å². The van der Waals surface area contributed by atoms with E-state index in [1.54, 1.807) is 17.3 Å². The standard InChI is InChI=1S/C9H15N7/c1-7(2)3-16-8(11-5-13-16)4-15-6-12-9(10)14-15/h5-7H,3-4H2,1-2H3,(H2,10,14). The van der Waals surface area contributed by atoms with Gasteiger partial charge in [0.25, 0.3) is 0 Å². The lowest BCUT2D eigenvalue weighted by molar-refractivity contribution is 0.456. The molecule has 0 saturated heterocycles. The summed E-state index contributed by atoms with van der Waals surface area (Å²) >= 11 is 0. The Morgan fingerprint density at radius 3 is 2.81 bits per heavy atom. The Labute approximate surface area is 93.3 Å². The molecule has 7 nitrogen and oxygen atoms in total. The topological polar surface area (TPSA) is 87.4 Å². The van der Waals surface area contributed by atoms with E-state index in [9.17, 15) is 0 Å². The third kappa shape index (κ3) is 2.36. The first-order chi connectivity index (χ1) is 7.65. The number of nitrogen functional groups attached to an aromatic ring is 1. The average molecular weight is 221 g/mol. The number of aromatic nitrogens is 6. The van der Waals surface area contributed by atoms with Gasteiger partial charge >= 0.3 is 0 Å². The van der Waals surface area contributed by atoms with Crippen molar-refractivity contribution in [3.05, 3.63) is 18.5 Å². The molecule has 2 N–H and O–H groups in total. The molecule has 0 aliphatic carbocycles. The number of nitrogens with two attached hydrogens (primary N) is 1. The molecule has 2 rings (SSSR count). The van der Waals surface area contributed by atoms with Crippen molar-refractivity contribution >= 4 is 5.95 Å². The Morgan fingerprint density at radius 1 is 1.38 bits per heavy atom. The summed E-state index contributed by atoms with van der Waals surface area (Å²) in [6.07, 6.45) is 3.14. The molecule has 0 unspecified atom stereocenters. The molecule has 2 heterocycles. The van der Waals surface area contributed by atoms with Gasteiger partial charge in [-0.3, -0.25) is 0 Å². The molecule has 2 aromatic heterocycles. The van der Waals surface area contributed by atoms with E-state index >= 15 is 0 Å². The number of rotatable bonds is 4. The quantitative estimate of drug-likeness (QED) is 0.794. The first kappa shape index (κ1) is 10.6. The van der Waals surface area contributed by atoms with Crippen LogP contribution in [0.3, 0.4) is 0 Å². The molecular weight excluding hydrogens is 206 g/mol. The lowest BCUT2D eigenvalue weighted by Crippen LogP contribution is -2.13. The van der Waals surface area contributed by atoms with E-state index in [1.807, 2.05) is 4.68 Å². The zero-order valence-corrected chi connectivity index (χ0v) is 9.41. The van der Waals surface area contributed by atoms with E-state index in [0.29, 0.717) is 12.5 Å². The van der Waals surface area contributed by atoms with Gasteiger partial charge < -0.3 is 5.73 Å². The van der Waals surface area contributed by atoms with Crippen molar-refractivity contribution in [1.82, 2.24) is 29.5 Å². The van der Waals surface area contributed by atoms with E-state index in [1.165, 1.54) is 0 Å². The summed E-state index contributed by atoms with van der Waals surface area (Å²) in [6, 6.07) is 0. The third-order valence-corrected chi connectivity index (χ3v) is 2.09. The minimum atomic E-state index is 0.273. The van der Waals surface area contributed by atoms with Crippen LogP contribution in [0, 0.1) is 5.92 Å². The van der Waals surface area contributed by atoms with Crippen molar-refractivity contribution in [3.8, 4) is 0 Å². The highest BCUT2D eigenvalue weighted by Gasteiger charge is 2.07. The van der Waals surface area contributed by atoms with E-state index in [-0.39, 0.29) is 5.95 Å². The fourth-order valence-corrected chi connectivity index (χ4v) is 1.44. The van der Waals surface area contributed by atoms with E-state index in [0.717, 1.165) is 12.4 Å². The lowest BCUT2D eigenvalue weighted by Gasteiger charge is -2.07. The summed E-state index contributed by atoms with van der Waals surface area (Å²) in [7, 11) is 0. The van der Waals surface area contributed by atoms with Crippen LogP contribution in [0.4, 0.5) is 5.95 Å². The largest absolute Gasteiger partial charge is 0.367 e. The predicted octanol–water partition coefficient (Wildman–Crippen LogP) is 0.156. The van der Waals surface area contributed by atoms with Crippen molar-refractivity contribution in [2.24, 2.45) is 5.92 Å². The van der Waals surface area contributed by atoms with Crippen LogP contribution < -0.4 is 5.73 Å². The fraction of sp³-hybridized carbons (Fsp3) is 0.556. The summed E-state index contributed by atoms with van der Waals surface area (Å²) in [6.45, 7) is 5.66. The highest BCUT2D eigenvalue weighted by Crippen LogP contribution is 2.03. The van der Waals surface area contributed by atoms with Crippen LogP contribution in [0.5, 0.6) is 0 Å². The number of nitrogens with zero attached hydrogens (tertiary/aromatic N) is 6. The number of hydrogen-bond acceptors (Lipinski definition) is 5. The second-order valence-electron chi connectivity index (χ2n) is 4.05. The van der Waals surface area contributed by atoms with Gasteiger partial charge in [0.05, 0.1) is 0 Å². The first-order valence-electron chi connectivity index (χ1n) is 5.16. The monoisotopic (exact) mass is 221 g/mol. The van der Waals surface area contributed by atoms with E-state index in [4.69, 9.17) is 5.73 Å². The molecule has 16 heavy (non-hydrogen) atoms. The third-order valence-electron chi connectivity index (χ3n) is 2.09. The molecule has 0 spiro atoms. The maximum atomic E-state index is 5.44. The van der Waals surface area contributed by atoms with Gasteiger partial charge in [-0.2, -0.15) is 5.10 Å². The van der Waals surface area contributed by atoms with Crippen molar-refractivity contribution in [3.63, 3.8) is 0 Å². The van der Waals surface area contributed by atoms with Gasteiger partial charge in [-0.15, -0.1) is 5.10 Å². The Bertz CT molecular complexity index is 456. The molecule has 0 saturated carbocycles. The van der Waals surface area contributed by atoms with E-state index < -0.39 is 0 Å². The van der Waals surface area contributed by atoms with Gasteiger partial charge in [0.2, 0.25) is 5.95 Å². The second-order valence-corrected chi connectivity index (χ2v) is 4.05. The van der Waals surface area contributed by atoms with Gasteiger partial charge in [-0.05, 0) is 5.92 Å². The second kappa shape index (κ2) is 4.30. The van der Waals surface area contributed by atoms with Crippen LogP contribution in [0.1, 0.15) is 19.7 Å². The summed E-state index contributed by atoms with van der Waals surface area (Å²) in [4.78, 5) is 8.06. The van der Waals surface area contributed by atoms with Crippen molar-refractivity contribution < 1.29 is 0 Å². The van der Waals surface area contributed by atoms with Crippen molar-refractivity contribution in [2.45, 2.75) is 26.9 Å². The smallest absolute Gasteiger partial charge is 0.239 e. The zero-order valence-electron chi connectivity index (χ0n) is 9.41. The minimum absolute atomic E-state index is 0.273. The summed E-state index contributed by atoms with van der Waals surface area (Å²) < 4.78 is 3.53. The summed E-state index contributed by atoms with van der Waals surface area (Å²) in [5.41, 5.74) is 5.44. The lowest BCUT2D eigenvalue weighted by atomic mass is 10.2. The molecule has 0 radical (unpaired) electrons. The molecule has 7 heteroatoms. The maximum absolute atomic E-state index is 5.44. The summed E-state index contributed by atoms with van der Waals surface area (Å²) in [5, 5.41) is 8.18. The highest BCUT2D eigenvalue weighted by atomic mass is 15.4. The van der Waals surface area contributed by atoms with Gasteiger partial charge in [-0.1, -0.05) is 13.8 Å². The Balaban J connectivity index is 2.12. The van der Waals surface area contributed by atoms with Crippen LogP contribution >= 0.6 is 0 Å². The zero-order chi connectivity index (χ0) is 11.5. The van der Waals surface area contributed by atoms with Crippen molar-refractivity contribution in [1.29, 1.82) is 0 Å². The molecule has 86 valence electrons. The average Bonchev–Trinajstić information content (AvgIpc) is 2.77. The van der Waals surface area contributed by atoms with Gasteiger partial charge in [0, 0.05) is 6.54 Å². The predicted molar refractivity (Wildman–Crippen MR) is 58.4 cm³/mol. The van der Waals surface area contributed by atoms with Crippen LogP contribution in [-0.4, -0.2) is 29.5 Å². The van der Waals surface area contributed by atoms with Crippen molar-refractivity contribution in [2.75, 3.05) is 5.73 Å². The highest BCUT2D eigenvalue weighted by molar-refractivity contribution is 5.09. The fourth-order valence-electron chi connectivity index (χ4n) is 1.44. The molecular formula is C9H15N7. The molecule has 0 aliphatic heterocycles. The van der Waals surface area contributed by atoms with E-state index in [2.05, 4.69) is 34.0 Å².